The van der Waals surface area contributed by atoms with Crippen LogP contribution >= 0.6 is 0 Å². The molecule has 2 aromatic rings. The Morgan fingerprint density at radius 1 is 0.947 bits per heavy atom. The predicted molar refractivity (Wildman–Crippen MR) is 76.3 cm³/mol. The summed E-state index contributed by atoms with van der Waals surface area (Å²) in [6.45, 7) is 2.04. The van der Waals surface area contributed by atoms with Crippen molar-refractivity contribution in [2.24, 2.45) is 0 Å². The van der Waals surface area contributed by atoms with Crippen LogP contribution in [0, 0.1) is 6.92 Å². The molecule has 0 saturated carbocycles. The molecule has 0 unspecified atom stereocenters. The maximum Gasteiger partial charge on any atom is 0.296 e. The minimum absolute atomic E-state index is 0.0509. The van der Waals surface area contributed by atoms with Gasteiger partial charge in [-0.3, -0.25) is 4.55 Å². The van der Waals surface area contributed by atoms with Crippen molar-refractivity contribution in [3.05, 3.63) is 54.1 Å². The van der Waals surface area contributed by atoms with Crippen LogP contribution in [0.5, 0.6) is 0 Å². The Morgan fingerprint density at radius 2 is 1.47 bits per heavy atom. The van der Waals surface area contributed by atoms with E-state index in [1.807, 2.05) is 31.2 Å². The topological polar surface area (TPSA) is 106 Å². The molecule has 0 saturated heterocycles. The Hall–Kier alpha value is -2.05. The van der Waals surface area contributed by atoms with E-state index in [2.05, 4.69) is 0 Å². The Morgan fingerprint density at radius 3 is 1.84 bits per heavy atom. The molecular formula is C13H16N2O3S. The van der Waals surface area contributed by atoms with Gasteiger partial charge in [0.1, 0.15) is 4.90 Å². The number of para-hydroxylation sites is 1. The first-order valence-corrected chi connectivity index (χ1v) is 6.89. The highest BCUT2D eigenvalue weighted by atomic mass is 32.2. The molecule has 0 aliphatic heterocycles. The van der Waals surface area contributed by atoms with Crippen LogP contribution in [0.2, 0.25) is 0 Å². The normalized spacial score (nSPS) is 10.4. The van der Waals surface area contributed by atoms with E-state index in [4.69, 9.17) is 16.0 Å². The summed E-state index contributed by atoms with van der Waals surface area (Å²) in [4.78, 5) is -0.250. The molecule has 0 radical (unpaired) electrons. The Kier molecular flexibility index (Phi) is 4.91. The van der Waals surface area contributed by atoms with Crippen LogP contribution in [0.4, 0.5) is 11.4 Å². The Bertz CT molecular complexity index is 616. The summed E-state index contributed by atoms with van der Waals surface area (Å²) in [6, 6.07) is 13.5. The molecule has 2 aromatic carbocycles. The molecule has 5 nitrogen and oxygen atoms in total. The van der Waals surface area contributed by atoms with Gasteiger partial charge in [0.05, 0.1) is 5.69 Å². The van der Waals surface area contributed by atoms with Gasteiger partial charge in [-0.25, -0.2) is 0 Å². The molecule has 0 fully saturated rings. The SMILES string of the molecule is Cc1ccc(N)cc1.Nc1ccccc1S(=O)(=O)O. The number of benzene rings is 2. The lowest BCUT2D eigenvalue weighted by Crippen LogP contribution is -2.01. The van der Waals surface area contributed by atoms with Crippen molar-refractivity contribution in [3.8, 4) is 0 Å². The van der Waals surface area contributed by atoms with Gasteiger partial charge in [0, 0.05) is 5.69 Å². The van der Waals surface area contributed by atoms with Crippen LogP contribution in [0.25, 0.3) is 0 Å². The number of hydrogen-bond acceptors (Lipinski definition) is 4. The monoisotopic (exact) mass is 280 g/mol. The average molecular weight is 280 g/mol. The fourth-order valence-corrected chi connectivity index (χ4v) is 1.90. The fraction of sp³-hybridized carbons (Fsp3) is 0.0769. The van der Waals surface area contributed by atoms with Crippen LogP contribution in [0.1, 0.15) is 5.56 Å². The van der Waals surface area contributed by atoms with Crippen molar-refractivity contribution in [1.82, 2.24) is 0 Å². The summed E-state index contributed by atoms with van der Waals surface area (Å²) in [6.07, 6.45) is 0. The number of nitrogens with two attached hydrogens (primary N) is 2. The van der Waals surface area contributed by atoms with E-state index < -0.39 is 10.1 Å². The van der Waals surface area contributed by atoms with Crippen molar-refractivity contribution in [3.63, 3.8) is 0 Å². The number of aryl methyl sites for hydroxylation is 1. The van der Waals surface area contributed by atoms with Crippen LogP contribution < -0.4 is 11.5 Å². The summed E-state index contributed by atoms with van der Waals surface area (Å²) in [5.74, 6) is 0. The van der Waals surface area contributed by atoms with Gasteiger partial charge >= 0.3 is 0 Å². The molecule has 2 rings (SSSR count). The third-order valence-corrected chi connectivity index (χ3v) is 3.20. The van der Waals surface area contributed by atoms with Gasteiger partial charge in [-0.15, -0.1) is 0 Å². The molecule has 6 heteroatoms. The number of hydrogen-bond donors (Lipinski definition) is 3. The smallest absolute Gasteiger partial charge is 0.296 e. The van der Waals surface area contributed by atoms with E-state index in [1.165, 1.54) is 23.8 Å². The first kappa shape index (κ1) is 15.0. The van der Waals surface area contributed by atoms with Crippen LogP contribution in [0.15, 0.2) is 53.4 Å². The summed E-state index contributed by atoms with van der Waals surface area (Å²) in [7, 11) is -4.16. The summed E-state index contributed by atoms with van der Waals surface area (Å²) in [5, 5.41) is 0. The molecule has 5 N–H and O–H groups in total. The maximum atomic E-state index is 10.5. The van der Waals surface area contributed by atoms with Gasteiger partial charge in [-0.2, -0.15) is 8.42 Å². The van der Waals surface area contributed by atoms with E-state index in [0.29, 0.717) is 0 Å². The zero-order valence-electron chi connectivity index (χ0n) is 10.4. The zero-order valence-corrected chi connectivity index (χ0v) is 11.3. The highest BCUT2D eigenvalue weighted by Gasteiger charge is 2.11. The van der Waals surface area contributed by atoms with Gasteiger partial charge < -0.3 is 11.5 Å². The molecule has 0 amide bonds. The molecule has 0 bridgehead atoms. The lowest BCUT2D eigenvalue weighted by molar-refractivity contribution is 0.483. The number of nitrogen functional groups attached to an aromatic ring is 2. The third kappa shape index (κ3) is 4.99. The van der Waals surface area contributed by atoms with Gasteiger partial charge in [-0.1, -0.05) is 29.8 Å². The zero-order chi connectivity index (χ0) is 14.5. The summed E-state index contributed by atoms with van der Waals surface area (Å²) >= 11 is 0. The Labute approximate surface area is 112 Å². The van der Waals surface area contributed by atoms with Gasteiger partial charge in [-0.05, 0) is 31.2 Å². The van der Waals surface area contributed by atoms with Gasteiger partial charge in [0.25, 0.3) is 10.1 Å². The quantitative estimate of drug-likeness (QED) is 0.548. The fourth-order valence-electron chi connectivity index (χ4n) is 1.28. The third-order valence-electron chi connectivity index (χ3n) is 2.27. The van der Waals surface area contributed by atoms with Crippen LogP contribution in [0.3, 0.4) is 0 Å². The summed E-state index contributed by atoms with van der Waals surface area (Å²) < 4.78 is 29.6. The standard InChI is InChI=1S/C7H9N.C6H7NO3S/c1-6-2-4-7(8)5-3-6;7-5-3-1-2-4-6(5)11(8,9)10/h2-5H,8H2,1H3;1-4H,7H2,(H,8,9,10). The molecule has 102 valence electrons. The van der Waals surface area contributed by atoms with E-state index in [1.54, 1.807) is 6.07 Å². The maximum absolute atomic E-state index is 10.5. The molecule has 0 atom stereocenters. The second-order valence-electron chi connectivity index (χ2n) is 3.92. The lowest BCUT2D eigenvalue weighted by atomic mass is 10.2. The van der Waals surface area contributed by atoms with Crippen molar-refractivity contribution in [2.75, 3.05) is 11.5 Å². The number of rotatable bonds is 1. The molecule has 0 aliphatic carbocycles. The van der Waals surface area contributed by atoms with Crippen molar-refractivity contribution < 1.29 is 13.0 Å². The van der Waals surface area contributed by atoms with Gasteiger partial charge in [0.2, 0.25) is 0 Å². The van der Waals surface area contributed by atoms with E-state index >= 15 is 0 Å². The molecule has 0 heterocycles. The second kappa shape index (κ2) is 6.21. The minimum atomic E-state index is -4.16. The molecule has 19 heavy (non-hydrogen) atoms. The minimum Gasteiger partial charge on any atom is -0.399 e. The van der Waals surface area contributed by atoms with Crippen molar-refractivity contribution in [2.45, 2.75) is 11.8 Å². The predicted octanol–water partition coefficient (Wildman–Crippen LogP) is 2.09. The van der Waals surface area contributed by atoms with Crippen LogP contribution in [-0.4, -0.2) is 13.0 Å². The van der Waals surface area contributed by atoms with Gasteiger partial charge in [0.15, 0.2) is 0 Å². The van der Waals surface area contributed by atoms with Crippen LogP contribution in [-0.2, 0) is 10.1 Å². The molecule has 0 spiro atoms. The average Bonchev–Trinajstić information content (AvgIpc) is 2.33. The Balaban J connectivity index is 0.000000200. The second-order valence-corrected chi connectivity index (χ2v) is 5.31. The number of anilines is 2. The lowest BCUT2D eigenvalue weighted by Gasteiger charge is -1.98. The first-order valence-electron chi connectivity index (χ1n) is 5.45. The highest BCUT2D eigenvalue weighted by Crippen LogP contribution is 2.15. The van der Waals surface area contributed by atoms with Crippen molar-refractivity contribution in [1.29, 1.82) is 0 Å². The molecular weight excluding hydrogens is 264 g/mol. The largest absolute Gasteiger partial charge is 0.399 e. The highest BCUT2D eigenvalue weighted by molar-refractivity contribution is 7.86. The van der Waals surface area contributed by atoms with Crippen molar-refractivity contribution >= 4 is 21.5 Å². The van der Waals surface area contributed by atoms with E-state index in [-0.39, 0.29) is 10.6 Å². The first-order chi connectivity index (χ1) is 8.80. The van der Waals surface area contributed by atoms with E-state index in [9.17, 15) is 8.42 Å². The molecule has 0 aromatic heterocycles. The summed E-state index contributed by atoms with van der Waals surface area (Å²) in [5.41, 5.74) is 12.8. The van der Waals surface area contributed by atoms with E-state index in [0.717, 1.165) is 5.69 Å². The molecule has 0 aliphatic rings.